The molecule has 0 saturated heterocycles. The third kappa shape index (κ3) is 3.53. The molecule has 0 fully saturated rings. The highest BCUT2D eigenvalue weighted by molar-refractivity contribution is 7.11. The van der Waals surface area contributed by atoms with Crippen LogP contribution in [0, 0.1) is 11.8 Å². The Morgan fingerprint density at radius 1 is 1.04 bits per heavy atom. The summed E-state index contributed by atoms with van der Waals surface area (Å²) in [5.41, 5.74) is 0.711. The molecule has 0 saturated carbocycles. The van der Waals surface area contributed by atoms with E-state index in [9.17, 15) is 4.79 Å². The van der Waals surface area contributed by atoms with E-state index < -0.39 is 0 Å². The Kier molecular flexibility index (Phi) is 4.42. The van der Waals surface area contributed by atoms with Crippen LogP contribution in [0.5, 0.6) is 11.5 Å². The zero-order chi connectivity index (χ0) is 17.1. The van der Waals surface area contributed by atoms with Gasteiger partial charge in [-0.3, -0.25) is 4.79 Å². The van der Waals surface area contributed by atoms with Gasteiger partial charge in [-0.25, -0.2) is 0 Å². The minimum atomic E-state index is -0.315. The van der Waals surface area contributed by atoms with Crippen molar-refractivity contribution in [3.8, 4) is 23.3 Å². The largest absolute Gasteiger partial charge is 0.454 e. The normalized spacial score (nSPS) is 11.9. The number of fused-ring (bicyclic) bond motifs is 1. The monoisotopic (exact) mass is 367 g/mol. The van der Waals surface area contributed by atoms with Crippen LogP contribution in [0.15, 0.2) is 53.2 Å². The smallest absolute Gasteiger partial charge is 0.297 e. The summed E-state index contributed by atoms with van der Waals surface area (Å²) < 4.78 is 10.6. The second-order valence-corrected chi connectivity index (χ2v) is 7.21. The number of hydrogen-bond donors (Lipinski definition) is 1. The minimum Gasteiger partial charge on any atom is -0.454 e. The summed E-state index contributed by atoms with van der Waals surface area (Å²) in [4.78, 5) is 14.5. The van der Waals surface area contributed by atoms with Crippen molar-refractivity contribution in [2.75, 3.05) is 6.79 Å². The van der Waals surface area contributed by atoms with Crippen LogP contribution in [0.25, 0.3) is 0 Å². The van der Waals surface area contributed by atoms with E-state index in [1.165, 1.54) is 0 Å². The molecule has 1 amide bonds. The van der Waals surface area contributed by atoms with Gasteiger partial charge in [0.1, 0.15) is 0 Å². The highest BCUT2D eigenvalue weighted by Gasteiger charge is 2.18. The van der Waals surface area contributed by atoms with E-state index in [1.807, 2.05) is 41.1 Å². The second kappa shape index (κ2) is 7.01. The van der Waals surface area contributed by atoms with Gasteiger partial charge in [-0.1, -0.05) is 18.1 Å². The number of rotatable bonds is 3. The molecule has 0 spiro atoms. The Morgan fingerprint density at radius 2 is 1.76 bits per heavy atom. The number of ether oxygens (including phenoxy) is 2. The Hall–Kier alpha value is -2.75. The zero-order valence-corrected chi connectivity index (χ0v) is 14.7. The van der Waals surface area contributed by atoms with Gasteiger partial charge >= 0.3 is 0 Å². The number of thiophene rings is 2. The number of amides is 1. The van der Waals surface area contributed by atoms with Crippen molar-refractivity contribution in [1.82, 2.24) is 5.32 Å². The fourth-order valence-electron chi connectivity index (χ4n) is 2.46. The van der Waals surface area contributed by atoms with Crippen LogP contribution in [0.2, 0.25) is 0 Å². The van der Waals surface area contributed by atoms with Crippen LogP contribution >= 0.6 is 22.7 Å². The summed E-state index contributed by atoms with van der Waals surface area (Å²) >= 11 is 3.23. The first-order valence-electron chi connectivity index (χ1n) is 7.58. The average molecular weight is 367 g/mol. The molecule has 4 nitrogen and oxygen atoms in total. The van der Waals surface area contributed by atoms with Crippen molar-refractivity contribution in [3.05, 3.63) is 68.5 Å². The van der Waals surface area contributed by atoms with E-state index in [1.54, 1.807) is 34.8 Å². The van der Waals surface area contributed by atoms with Gasteiger partial charge in [0.05, 0.1) is 6.04 Å². The highest BCUT2D eigenvalue weighted by atomic mass is 32.1. The van der Waals surface area contributed by atoms with Crippen molar-refractivity contribution in [3.63, 3.8) is 0 Å². The average Bonchev–Trinajstić information content (AvgIpc) is 3.39. The van der Waals surface area contributed by atoms with E-state index >= 15 is 0 Å². The summed E-state index contributed by atoms with van der Waals surface area (Å²) in [6, 6.07) is 13.2. The molecule has 0 atom stereocenters. The number of carbonyl (C=O) groups is 1. The molecule has 2 aromatic heterocycles. The topological polar surface area (TPSA) is 47.6 Å². The van der Waals surface area contributed by atoms with Crippen LogP contribution in [0.3, 0.4) is 0 Å². The van der Waals surface area contributed by atoms with Crippen LogP contribution in [0.4, 0.5) is 0 Å². The van der Waals surface area contributed by atoms with Crippen molar-refractivity contribution in [2.24, 2.45) is 0 Å². The predicted molar refractivity (Wildman–Crippen MR) is 98.1 cm³/mol. The molecule has 25 heavy (non-hydrogen) atoms. The first-order valence-corrected chi connectivity index (χ1v) is 9.34. The van der Waals surface area contributed by atoms with Crippen molar-refractivity contribution < 1.29 is 14.3 Å². The van der Waals surface area contributed by atoms with Crippen molar-refractivity contribution in [2.45, 2.75) is 6.04 Å². The summed E-state index contributed by atoms with van der Waals surface area (Å²) in [6.45, 7) is 0.218. The lowest BCUT2D eigenvalue weighted by molar-refractivity contribution is -0.116. The summed E-state index contributed by atoms with van der Waals surface area (Å²) in [5, 5.41) is 7.00. The lowest BCUT2D eigenvalue weighted by atomic mass is 10.2. The highest BCUT2D eigenvalue weighted by Crippen LogP contribution is 2.32. The lowest BCUT2D eigenvalue weighted by Gasteiger charge is -2.14. The van der Waals surface area contributed by atoms with E-state index in [4.69, 9.17) is 9.47 Å². The van der Waals surface area contributed by atoms with E-state index in [2.05, 4.69) is 17.2 Å². The predicted octanol–water partition coefficient (Wildman–Crippen LogP) is 3.80. The van der Waals surface area contributed by atoms with Crippen LogP contribution in [-0.4, -0.2) is 12.7 Å². The first kappa shape index (κ1) is 15.8. The lowest BCUT2D eigenvalue weighted by Crippen LogP contribution is -2.26. The Balaban J connectivity index is 1.51. The molecule has 6 heteroatoms. The Labute approximate surface area is 153 Å². The number of carbonyl (C=O) groups excluding carboxylic acids is 1. The van der Waals surface area contributed by atoms with Gasteiger partial charge in [0, 0.05) is 21.2 Å². The van der Waals surface area contributed by atoms with Crippen LogP contribution in [-0.2, 0) is 4.79 Å². The second-order valence-electron chi connectivity index (χ2n) is 5.26. The zero-order valence-electron chi connectivity index (χ0n) is 13.0. The van der Waals surface area contributed by atoms with E-state index in [-0.39, 0.29) is 18.7 Å². The molecule has 1 aliphatic rings. The fourth-order valence-corrected chi connectivity index (χ4v) is 4.13. The van der Waals surface area contributed by atoms with Crippen molar-refractivity contribution in [1.29, 1.82) is 0 Å². The van der Waals surface area contributed by atoms with Crippen LogP contribution < -0.4 is 14.8 Å². The van der Waals surface area contributed by atoms with Gasteiger partial charge in [-0.15, -0.1) is 22.7 Å². The molecular weight excluding hydrogens is 354 g/mol. The standard InChI is InChI=1S/C19H13NO3S2/c21-18(8-6-13-5-7-14-15(11-13)23-12-22-14)20-19(16-3-1-9-24-16)17-4-2-10-25-17/h1-5,7,9-11,19H,12H2,(H,20,21). The minimum absolute atomic E-state index is 0.168. The summed E-state index contributed by atoms with van der Waals surface area (Å²) in [5.74, 6) is 6.58. The molecule has 0 bridgehead atoms. The molecule has 0 aliphatic carbocycles. The van der Waals surface area contributed by atoms with E-state index in [0.717, 1.165) is 9.75 Å². The third-order valence-corrected chi connectivity index (χ3v) is 5.50. The SMILES string of the molecule is O=C(C#Cc1ccc2c(c1)OCO2)NC(c1cccs1)c1cccs1. The third-order valence-electron chi connectivity index (χ3n) is 3.62. The molecule has 1 aliphatic heterocycles. The number of nitrogens with one attached hydrogen (secondary N) is 1. The van der Waals surface area contributed by atoms with Crippen LogP contribution in [0.1, 0.15) is 21.4 Å². The van der Waals surface area contributed by atoms with E-state index in [0.29, 0.717) is 17.1 Å². The molecule has 1 N–H and O–H groups in total. The maximum Gasteiger partial charge on any atom is 0.297 e. The van der Waals surface area contributed by atoms with Gasteiger partial charge in [0.25, 0.3) is 5.91 Å². The molecule has 0 unspecified atom stereocenters. The summed E-state index contributed by atoms with van der Waals surface area (Å²) in [7, 11) is 0. The number of benzene rings is 1. The number of hydrogen-bond acceptors (Lipinski definition) is 5. The summed E-state index contributed by atoms with van der Waals surface area (Å²) in [6.07, 6.45) is 0. The first-order chi connectivity index (χ1) is 12.3. The van der Waals surface area contributed by atoms with Crippen molar-refractivity contribution >= 4 is 28.6 Å². The molecule has 4 rings (SSSR count). The maximum absolute atomic E-state index is 12.3. The van der Waals surface area contributed by atoms with Gasteiger partial charge in [-0.2, -0.15) is 0 Å². The Morgan fingerprint density at radius 3 is 2.44 bits per heavy atom. The Bertz CT molecular complexity index is 903. The van der Waals surface area contributed by atoms with Gasteiger partial charge in [0.2, 0.25) is 6.79 Å². The molecule has 1 aromatic carbocycles. The molecule has 0 radical (unpaired) electrons. The van der Waals surface area contributed by atoms with Gasteiger partial charge in [0.15, 0.2) is 11.5 Å². The molecule has 124 valence electrons. The van der Waals surface area contributed by atoms with Gasteiger partial charge < -0.3 is 14.8 Å². The molecule has 3 heterocycles. The fraction of sp³-hybridized carbons (Fsp3) is 0.105. The quantitative estimate of drug-likeness (QED) is 0.717. The van der Waals surface area contributed by atoms with Gasteiger partial charge in [-0.05, 0) is 41.1 Å². The molecular formula is C19H13NO3S2. The maximum atomic E-state index is 12.3. The molecule has 3 aromatic rings.